The van der Waals surface area contributed by atoms with E-state index >= 15 is 0 Å². The number of ether oxygens (including phenoxy) is 2. The highest BCUT2D eigenvalue weighted by Crippen LogP contribution is 2.27. The van der Waals surface area contributed by atoms with Gasteiger partial charge in [-0.3, -0.25) is 4.79 Å². The molecule has 1 amide bonds. The number of likely N-dealkylation sites (tertiary alicyclic amines) is 1. The zero-order valence-electron chi connectivity index (χ0n) is 17.0. The van der Waals surface area contributed by atoms with Crippen molar-refractivity contribution in [3.05, 3.63) is 59.9 Å². The van der Waals surface area contributed by atoms with E-state index in [2.05, 4.69) is 12.1 Å². The van der Waals surface area contributed by atoms with Crippen LogP contribution in [0, 0.1) is 5.92 Å². The van der Waals surface area contributed by atoms with Gasteiger partial charge in [0.25, 0.3) is 0 Å². The first-order valence-corrected chi connectivity index (χ1v) is 10.1. The second kappa shape index (κ2) is 8.60. The molecule has 1 saturated heterocycles. The van der Waals surface area contributed by atoms with Crippen molar-refractivity contribution in [2.75, 3.05) is 27.3 Å². The van der Waals surface area contributed by atoms with Crippen LogP contribution in [-0.2, 0) is 17.6 Å². The van der Waals surface area contributed by atoms with Gasteiger partial charge in [0.2, 0.25) is 5.91 Å². The molecule has 0 radical (unpaired) electrons. The average molecular weight is 393 g/mol. The van der Waals surface area contributed by atoms with E-state index in [0.29, 0.717) is 12.3 Å². The molecule has 1 fully saturated rings. The lowest BCUT2D eigenvalue weighted by atomic mass is 9.90. The van der Waals surface area contributed by atoms with Crippen LogP contribution in [-0.4, -0.2) is 38.1 Å². The molecule has 1 aliphatic heterocycles. The van der Waals surface area contributed by atoms with Crippen molar-refractivity contribution in [1.82, 2.24) is 4.90 Å². The molecule has 2 aromatic carbocycles. The van der Waals surface area contributed by atoms with Gasteiger partial charge in [0.1, 0.15) is 17.1 Å². The number of methoxy groups -OCH3 is 2. The van der Waals surface area contributed by atoms with Crippen LogP contribution >= 0.6 is 0 Å². The molecule has 0 unspecified atom stereocenters. The maximum Gasteiger partial charge on any atom is 0.227 e. The number of amides is 1. The van der Waals surface area contributed by atoms with Crippen LogP contribution in [0.4, 0.5) is 0 Å². The standard InChI is InChI=1S/C24H27NO4/c1-27-20-5-3-17(4-6-20)13-18-9-11-25(12-10-18)24(26)14-19-16-29-23-15-21(28-2)7-8-22(19)23/h3-8,15-16,18H,9-14H2,1-2H3. The van der Waals surface area contributed by atoms with Gasteiger partial charge in [-0.25, -0.2) is 0 Å². The summed E-state index contributed by atoms with van der Waals surface area (Å²) < 4.78 is 16.1. The Morgan fingerprint density at radius 3 is 2.41 bits per heavy atom. The Balaban J connectivity index is 1.32. The van der Waals surface area contributed by atoms with E-state index in [4.69, 9.17) is 13.9 Å². The molecular formula is C24H27NO4. The Morgan fingerprint density at radius 1 is 1.03 bits per heavy atom. The van der Waals surface area contributed by atoms with Gasteiger partial charge in [0.05, 0.1) is 26.9 Å². The fourth-order valence-electron chi connectivity index (χ4n) is 4.08. The summed E-state index contributed by atoms with van der Waals surface area (Å²) >= 11 is 0. The van der Waals surface area contributed by atoms with Gasteiger partial charge in [0, 0.05) is 30.1 Å². The summed E-state index contributed by atoms with van der Waals surface area (Å²) in [5.74, 6) is 2.43. The predicted molar refractivity (Wildman–Crippen MR) is 112 cm³/mol. The summed E-state index contributed by atoms with van der Waals surface area (Å²) in [6.07, 6.45) is 5.21. The maximum atomic E-state index is 12.8. The SMILES string of the molecule is COc1ccc(CC2CCN(C(=O)Cc3coc4cc(OC)ccc34)CC2)cc1. The smallest absolute Gasteiger partial charge is 0.227 e. The molecule has 0 spiro atoms. The highest BCUT2D eigenvalue weighted by Gasteiger charge is 2.24. The summed E-state index contributed by atoms with van der Waals surface area (Å²) in [5, 5.41) is 0.980. The zero-order chi connectivity index (χ0) is 20.2. The largest absolute Gasteiger partial charge is 0.497 e. The Hall–Kier alpha value is -2.95. The first kappa shape index (κ1) is 19.4. The highest BCUT2D eigenvalue weighted by atomic mass is 16.5. The average Bonchev–Trinajstić information content (AvgIpc) is 3.16. The van der Waals surface area contributed by atoms with E-state index in [1.54, 1.807) is 20.5 Å². The van der Waals surface area contributed by atoms with Crippen LogP contribution in [0.3, 0.4) is 0 Å². The Labute approximate surface area is 171 Å². The third-order valence-electron chi connectivity index (χ3n) is 5.86. The summed E-state index contributed by atoms with van der Waals surface area (Å²) in [5.41, 5.74) is 3.02. The van der Waals surface area contributed by atoms with E-state index < -0.39 is 0 Å². The number of fused-ring (bicyclic) bond motifs is 1. The molecule has 0 saturated carbocycles. The summed E-state index contributed by atoms with van der Waals surface area (Å²) in [4.78, 5) is 14.8. The minimum atomic E-state index is 0.173. The van der Waals surface area contributed by atoms with Crippen molar-refractivity contribution in [2.24, 2.45) is 5.92 Å². The van der Waals surface area contributed by atoms with Crippen molar-refractivity contribution in [3.8, 4) is 11.5 Å². The van der Waals surface area contributed by atoms with Gasteiger partial charge in [0.15, 0.2) is 0 Å². The molecule has 0 atom stereocenters. The monoisotopic (exact) mass is 393 g/mol. The molecule has 29 heavy (non-hydrogen) atoms. The van der Waals surface area contributed by atoms with Crippen LogP contribution in [0.5, 0.6) is 11.5 Å². The molecule has 1 aromatic heterocycles. The lowest BCUT2D eigenvalue weighted by molar-refractivity contribution is -0.131. The lowest BCUT2D eigenvalue weighted by Gasteiger charge is -2.32. The van der Waals surface area contributed by atoms with Crippen LogP contribution in [0.25, 0.3) is 11.0 Å². The topological polar surface area (TPSA) is 51.9 Å². The molecule has 5 heteroatoms. The first-order chi connectivity index (χ1) is 14.2. The van der Waals surface area contributed by atoms with Crippen molar-refractivity contribution >= 4 is 16.9 Å². The van der Waals surface area contributed by atoms with E-state index in [-0.39, 0.29) is 5.91 Å². The normalized spacial score (nSPS) is 14.9. The van der Waals surface area contributed by atoms with Gasteiger partial charge in [-0.2, -0.15) is 0 Å². The Bertz CT molecular complexity index is 968. The van der Waals surface area contributed by atoms with Gasteiger partial charge < -0.3 is 18.8 Å². The Kier molecular flexibility index (Phi) is 5.74. The third-order valence-corrected chi connectivity index (χ3v) is 5.86. The van der Waals surface area contributed by atoms with Crippen LogP contribution < -0.4 is 9.47 Å². The first-order valence-electron chi connectivity index (χ1n) is 10.1. The third kappa shape index (κ3) is 4.39. The lowest BCUT2D eigenvalue weighted by Crippen LogP contribution is -2.39. The van der Waals surface area contributed by atoms with Gasteiger partial charge >= 0.3 is 0 Å². The van der Waals surface area contributed by atoms with E-state index in [1.807, 2.05) is 35.2 Å². The number of rotatable bonds is 6. The van der Waals surface area contributed by atoms with Gasteiger partial charge in [-0.1, -0.05) is 12.1 Å². The van der Waals surface area contributed by atoms with Crippen molar-refractivity contribution in [2.45, 2.75) is 25.7 Å². The number of hydrogen-bond acceptors (Lipinski definition) is 4. The molecule has 5 nitrogen and oxygen atoms in total. The molecule has 0 N–H and O–H groups in total. The molecule has 3 aromatic rings. The molecule has 0 bridgehead atoms. The van der Waals surface area contributed by atoms with Crippen molar-refractivity contribution in [3.63, 3.8) is 0 Å². The molecule has 2 heterocycles. The van der Waals surface area contributed by atoms with Crippen molar-refractivity contribution in [1.29, 1.82) is 0 Å². The van der Waals surface area contributed by atoms with Gasteiger partial charge in [-0.15, -0.1) is 0 Å². The summed E-state index contributed by atoms with van der Waals surface area (Å²) in [6, 6.07) is 14.0. The predicted octanol–water partition coefficient (Wildman–Crippen LogP) is 4.47. The minimum absolute atomic E-state index is 0.173. The fourth-order valence-corrected chi connectivity index (χ4v) is 4.08. The number of nitrogens with zero attached hydrogens (tertiary/aromatic N) is 1. The van der Waals surface area contributed by atoms with Gasteiger partial charge in [-0.05, 0) is 55.0 Å². The Morgan fingerprint density at radius 2 is 1.72 bits per heavy atom. The highest BCUT2D eigenvalue weighted by molar-refractivity contribution is 5.88. The maximum absolute atomic E-state index is 12.8. The minimum Gasteiger partial charge on any atom is -0.497 e. The molecule has 152 valence electrons. The quantitative estimate of drug-likeness (QED) is 0.620. The van der Waals surface area contributed by atoms with E-state index in [1.165, 1.54) is 5.56 Å². The molecule has 0 aliphatic carbocycles. The molecule has 4 rings (SSSR count). The van der Waals surface area contributed by atoms with Crippen LogP contribution in [0.2, 0.25) is 0 Å². The number of benzene rings is 2. The fraction of sp³-hybridized carbons (Fsp3) is 0.375. The number of hydrogen-bond donors (Lipinski definition) is 0. The number of furan rings is 1. The number of piperidine rings is 1. The second-order valence-corrected chi connectivity index (χ2v) is 7.68. The van der Waals surface area contributed by atoms with Crippen LogP contribution in [0.1, 0.15) is 24.0 Å². The van der Waals surface area contributed by atoms with E-state index in [0.717, 1.165) is 60.4 Å². The van der Waals surface area contributed by atoms with E-state index in [9.17, 15) is 4.79 Å². The summed E-state index contributed by atoms with van der Waals surface area (Å²) in [7, 11) is 3.32. The second-order valence-electron chi connectivity index (χ2n) is 7.68. The van der Waals surface area contributed by atoms with Crippen molar-refractivity contribution < 1.29 is 18.7 Å². The molecular weight excluding hydrogens is 366 g/mol. The van der Waals surface area contributed by atoms with Crippen LogP contribution in [0.15, 0.2) is 53.1 Å². The number of carbonyl (C=O) groups excluding carboxylic acids is 1. The summed E-state index contributed by atoms with van der Waals surface area (Å²) in [6.45, 7) is 1.65. The molecule has 1 aliphatic rings. The zero-order valence-corrected chi connectivity index (χ0v) is 17.0. The number of carbonyl (C=O) groups is 1.